The minimum Gasteiger partial charge on any atom is -0.368 e. The zero-order chi connectivity index (χ0) is 10.0. The molecule has 0 saturated carbocycles. The van der Waals surface area contributed by atoms with Crippen molar-refractivity contribution >= 4 is 5.91 Å². The van der Waals surface area contributed by atoms with Crippen LogP contribution in [0.2, 0.25) is 0 Å². The molecule has 3 nitrogen and oxygen atoms in total. The van der Waals surface area contributed by atoms with Crippen LogP contribution >= 0.6 is 0 Å². The maximum atomic E-state index is 12.9. The Morgan fingerprint density at radius 2 is 2.00 bits per heavy atom. The highest BCUT2D eigenvalue weighted by atomic mass is 19.2. The maximum absolute atomic E-state index is 12.9. The molecule has 70 valence electrons. The highest BCUT2D eigenvalue weighted by Crippen LogP contribution is 2.16. The summed E-state index contributed by atoms with van der Waals surface area (Å²) in [6.07, 6.45) is 0. The molecule has 1 unspecified atom stereocenters. The molecule has 0 bridgehead atoms. The lowest BCUT2D eigenvalue weighted by Crippen LogP contribution is -2.29. The molecular formula is C8H8F2N2O. The second kappa shape index (κ2) is 3.49. The molecule has 1 atom stereocenters. The molecule has 0 aromatic heterocycles. The summed E-state index contributed by atoms with van der Waals surface area (Å²) in [5.41, 5.74) is 9.83. The second-order valence-electron chi connectivity index (χ2n) is 2.52. The highest BCUT2D eigenvalue weighted by molar-refractivity contribution is 5.81. The fourth-order valence-corrected chi connectivity index (χ4v) is 0.914. The van der Waals surface area contributed by atoms with Crippen molar-refractivity contribution in [3.8, 4) is 0 Å². The minimum absolute atomic E-state index is 0.229. The van der Waals surface area contributed by atoms with Gasteiger partial charge in [0.2, 0.25) is 5.91 Å². The number of amides is 1. The Morgan fingerprint density at radius 3 is 2.54 bits per heavy atom. The van der Waals surface area contributed by atoms with E-state index in [1.807, 2.05) is 0 Å². The van der Waals surface area contributed by atoms with Crippen LogP contribution in [0, 0.1) is 11.6 Å². The van der Waals surface area contributed by atoms with E-state index in [9.17, 15) is 13.6 Å². The molecule has 4 N–H and O–H groups in total. The van der Waals surface area contributed by atoms with Crippen LogP contribution in [0.1, 0.15) is 11.6 Å². The highest BCUT2D eigenvalue weighted by Gasteiger charge is 2.18. The molecule has 1 aromatic rings. The van der Waals surface area contributed by atoms with Crippen LogP contribution in [0.15, 0.2) is 18.2 Å². The van der Waals surface area contributed by atoms with Crippen molar-refractivity contribution < 1.29 is 13.6 Å². The van der Waals surface area contributed by atoms with Crippen LogP contribution in [-0.2, 0) is 4.79 Å². The van der Waals surface area contributed by atoms with Crippen LogP contribution in [0.5, 0.6) is 0 Å². The molecule has 0 fully saturated rings. The summed E-state index contributed by atoms with van der Waals surface area (Å²) in [7, 11) is 0. The average molecular weight is 186 g/mol. The summed E-state index contributed by atoms with van der Waals surface area (Å²) >= 11 is 0. The van der Waals surface area contributed by atoms with Gasteiger partial charge >= 0.3 is 0 Å². The van der Waals surface area contributed by atoms with Crippen LogP contribution < -0.4 is 11.5 Å². The molecule has 0 radical (unpaired) electrons. The third kappa shape index (κ3) is 1.81. The first-order valence-electron chi connectivity index (χ1n) is 3.53. The van der Waals surface area contributed by atoms with Gasteiger partial charge in [0.15, 0.2) is 11.6 Å². The van der Waals surface area contributed by atoms with Gasteiger partial charge in [0.05, 0.1) is 0 Å². The van der Waals surface area contributed by atoms with Gasteiger partial charge in [-0.05, 0) is 6.07 Å². The Labute approximate surface area is 73.3 Å². The number of carbonyl (C=O) groups is 1. The first-order valence-corrected chi connectivity index (χ1v) is 3.53. The van der Waals surface area contributed by atoms with Gasteiger partial charge < -0.3 is 11.5 Å². The number of carbonyl (C=O) groups excluding carboxylic acids is 1. The van der Waals surface area contributed by atoms with Crippen LogP contribution in [0.3, 0.4) is 0 Å². The summed E-state index contributed by atoms with van der Waals surface area (Å²) in [5, 5.41) is 0. The molecule has 0 aliphatic heterocycles. The van der Waals surface area contributed by atoms with Crippen molar-refractivity contribution in [3.63, 3.8) is 0 Å². The van der Waals surface area contributed by atoms with E-state index in [-0.39, 0.29) is 5.56 Å². The Hall–Kier alpha value is -1.49. The SMILES string of the molecule is NC(=O)C(N)c1cccc(F)c1F. The normalized spacial score (nSPS) is 12.5. The van der Waals surface area contributed by atoms with Gasteiger partial charge in [0, 0.05) is 5.56 Å². The van der Waals surface area contributed by atoms with E-state index in [2.05, 4.69) is 0 Å². The lowest BCUT2D eigenvalue weighted by Gasteiger charge is -2.08. The quantitative estimate of drug-likeness (QED) is 0.704. The van der Waals surface area contributed by atoms with Crippen molar-refractivity contribution in [2.45, 2.75) is 6.04 Å². The molecule has 0 aliphatic rings. The molecule has 1 aromatic carbocycles. The standard InChI is InChI=1S/C8H8F2N2O/c9-5-3-1-2-4(6(5)10)7(11)8(12)13/h1-3,7H,11H2,(H2,12,13). The van der Waals surface area contributed by atoms with Crippen LogP contribution in [0.25, 0.3) is 0 Å². The third-order valence-electron chi connectivity index (χ3n) is 1.62. The van der Waals surface area contributed by atoms with Crippen molar-refractivity contribution in [1.29, 1.82) is 0 Å². The zero-order valence-corrected chi connectivity index (χ0v) is 6.63. The lowest BCUT2D eigenvalue weighted by atomic mass is 10.1. The number of hydrogen-bond acceptors (Lipinski definition) is 2. The van der Waals surface area contributed by atoms with Gasteiger partial charge in [0.1, 0.15) is 6.04 Å². The van der Waals surface area contributed by atoms with E-state index >= 15 is 0 Å². The predicted octanol–water partition coefficient (Wildman–Crippen LogP) is 0.450. The first-order chi connectivity index (χ1) is 6.04. The average Bonchev–Trinajstić information content (AvgIpc) is 2.08. The molecule has 13 heavy (non-hydrogen) atoms. The molecule has 0 heterocycles. The summed E-state index contributed by atoms with van der Waals surface area (Å²) in [6, 6.07) is 2.10. The van der Waals surface area contributed by atoms with Crippen molar-refractivity contribution in [2.24, 2.45) is 11.5 Å². The third-order valence-corrected chi connectivity index (χ3v) is 1.62. The summed E-state index contributed by atoms with van der Waals surface area (Å²) in [6.45, 7) is 0. The van der Waals surface area contributed by atoms with Crippen molar-refractivity contribution in [2.75, 3.05) is 0 Å². The fraction of sp³-hybridized carbons (Fsp3) is 0.125. The number of primary amides is 1. The van der Waals surface area contributed by atoms with E-state index in [0.717, 1.165) is 6.07 Å². The minimum atomic E-state index is -1.31. The van der Waals surface area contributed by atoms with Crippen LogP contribution in [-0.4, -0.2) is 5.91 Å². The monoisotopic (exact) mass is 186 g/mol. The van der Waals surface area contributed by atoms with Gasteiger partial charge in [-0.1, -0.05) is 12.1 Å². The Morgan fingerprint density at radius 1 is 1.38 bits per heavy atom. The molecule has 5 heteroatoms. The van der Waals surface area contributed by atoms with E-state index in [4.69, 9.17) is 11.5 Å². The number of halogens is 2. The largest absolute Gasteiger partial charge is 0.368 e. The number of hydrogen-bond donors (Lipinski definition) is 2. The predicted molar refractivity (Wildman–Crippen MR) is 42.5 cm³/mol. The van der Waals surface area contributed by atoms with Gasteiger partial charge in [-0.25, -0.2) is 8.78 Å². The summed E-state index contributed by atoms with van der Waals surface area (Å²) in [4.78, 5) is 10.6. The Kier molecular flexibility index (Phi) is 2.57. The molecule has 0 saturated heterocycles. The Balaban J connectivity index is 3.15. The van der Waals surface area contributed by atoms with Gasteiger partial charge in [-0.2, -0.15) is 0 Å². The van der Waals surface area contributed by atoms with Gasteiger partial charge in [0.25, 0.3) is 0 Å². The van der Waals surface area contributed by atoms with E-state index in [1.54, 1.807) is 0 Å². The Bertz CT molecular complexity index is 341. The molecule has 1 amide bonds. The maximum Gasteiger partial charge on any atom is 0.239 e. The van der Waals surface area contributed by atoms with Crippen molar-refractivity contribution in [1.82, 2.24) is 0 Å². The summed E-state index contributed by atoms with van der Waals surface area (Å²) < 4.78 is 25.6. The van der Waals surface area contributed by atoms with E-state index < -0.39 is 23.6 Å². The number of benzene rings is 1. The van der Waals surface area contributed by atoms with E-state index in [1.165, 1.54) is 12.1 Å². The van der Waals surface area contributed by atoms with Gasteiger partial charge in [-0.3, -0.25) is 4.79 Å². The van der Waals surface area contributed by atoms with Gasteiger partial charge in [-0.15, -0.1) is 0 Å². The molecule has 1 rings (SSSR count). The molecule has 0 aliphatic carbocycles. The molecular weight excluding hydrogens is 178 g/mol. The number of nitrogens with two attached hydrogens (primary N) is 2. The number of rotatable bonds is 2. The smallest absolute Gasteiger partial charge is 0.239 e. The second-order valence-corrected chi connectivity index (χ2v) is 2.52. The topological polar surface area (TPSA) is 69.1 Å². The van der Waals surface area contributed by atoms with E-state index in [0.29, 0.717) is 0 Å². The first kappa shape index (κ1) is 9.60. The summed E-state index contributed by atoms with van der Waals surface area (Å²) in [5.74, 6) is -3.08. The van der Waals surface area contributed by atoms with Crippen molar-refractivity contribution in [3.05, 3.63) is 35.4 Å². The molecule has 0 spiro atoms. The lowest BCUT2D eigenvalue weighted by molar-refractivity contribution is -0.119. The zero-order valence-electron chi connectivity index (χ0n) is 6.63. The van der Waals surface area contributed by atoms with Crippen LogP contribution in [0.4, 0.5) is 8.78 Å². The fourth-order valence-electron chi connectivity index (χ4n) is 0.914.